The second kappa shape index (κ2) is 9.41. The zero-order valence-corrected chi connectivity index (χ0v) is 18.0. The lowest BCUT2D eigenvalue weighted by Gasteiger charge is -2.07. The van der Waals surface area contributed by atoms with Gasteiger partial charge in [-0.2, -0.15) is 0 Å². The van der Waals surface area contributed by atoms with Crippen molar-refractivity contribution in [3.8, 4) is 5.69 Å². The third kappa shape index (κ3) is 4.77. The number of hydrogen-bond acceptors (Lipinski definition) is 4. The van der Waals surface area contributed by atoms with Gasteiger partial charge in [-0.15, -0.1) is 0 Å². The molecule has 0 saturated heterocycles. The Hall–Kier alpha value is -3.39. The first kappa shape index (κ1) is 21.3. The quantitative estimate of drug-likeness (QED) is 0.442. The molecule has 3 aromatic rings. The van der Waals surface area contributed by atoms with Crippen molar-refractivity contribution in [2.45, 2.75) is 6.92 Å². The van der Waals surface area contributed by atoms with Crippen LogP contribution in [0, 0.1) is 6.92 Å². The third-order valence-corrected chi connectivity index (χ3v) is 5.19. The average Bonchev–Trinajstić information content (AvgIpc) is 2.95. The van der Waals surface area contributed by atoms with E-state index in [1.165, 1.54) is 10.8 Å². The van der Waals surface area contributed by atoms with Gasteiger partial charge in [0, 0.05) is 17.6 Å². The molecule has 0 aliphatic rings. The van der Waals surface area contributed by atoms with Crippen LogP contribution in [0.15, 0.2) is 69.9 Å². The van der Waals surface area contributed by atoms with Crippen LogP contribution in [0.3, 0.4) is 0 Å². The highest BCUT2D eigenvalue weighted by Crippen LogP contribution is 2.17. The topological polar surface area (TPSA) is 82.3 Å². The number of carbonyl (C=O) groups excluding carboxylic acids is 2. The SMILES string of the molecule is Cc1c(NC(=O)COC(=O)C=Cc2ccccc2Br)c(=O)n(-c2ccccc2)n1C. The lowest BCUT2D eigenvalue weighted by atomic mass is 10.2. The number of anilines is 1. The van der Waals surface area contributed by atoms with Gasteiger partial charge in [-0.25, -0.2) is 9.48 Å². The minimum absolute atomic E-state index is 0.145. The first-order valence-corrected chi connectivity index (χ1v) is 9.91. The maximum absolute atomic E-state index is 12.8. The van der Waals surface area contributed by atoms with E-state index in [0.29, 0.717) is 11.4 Å². The van der Waals surface area contributed by atoms with Crippen LogP contribution >= 0.6 is 15.9 Å². The number of halogens is 1. The average molecular weight is 470 g/mol. The van der Waals surface area contributed by atoms with Crippen molar-refractivity contribution < 1.29 is 14.3 Å². The van der Waals surface area contributed by atoms with Crippen LogP contribution in [0.25, 0.3) is 11.8 Å². The van der Waals surface area contributed by atoms with E-state index < -0.39 is 18.5 Å². The number of esters is 1. The standard InChI is InChI=1S/C22H20BrN3O4/c1-15-21(22(29)26(25(15)2)17-9-4-3-5-10-17)24-19(27)14-30-20(28)13-12-16-8-6-7-11-18(16)23/h3-13H,14H2,1-2H3,(H,24,27). The van der Waals surface area contributed by atoms with Gasteiger partial charge >= 0.3 is 5.97 Å². The minimum Gasteiger partial charge on any atom is -0.452 e. The summed E-state index contributed by atoms with van der Waals surface area (Å²) in [6, 6.07) is 16.5. The first-order valence-electron chi connectivity index (χ1n) is 9.11. The van der Waals surface area contributed by atoms with Crippen LogP contribution in [-0.2, 0) is 21.4 Å². The summed E-state index contributed by atoms with van der Waals surface area (Å²) in [4.78, 5) is 36.9. The van der Waals surface area contributed by atoms with Crippen LogP contribution in [0.1, 0.15) is 11.3 Å². The van der Waals surface area contributed by atoms with Crippen LogP contribution in [0.4, 0.5) is 5.69 Å². The fourth-order valence-corrected chi connectivity index (χ4v) is 3.26. The first-order chi connectivity index (χ1) is 14.4. The summed E-state index contributed by atoms with van der Waals surface area (Å²) in [5, 5.41) is 2.55. The molecule has 0 radical (unpaired) electrons. The molecule has 0 spiro atoms. The number of aromatic nitrogens is 2. The molecule has 8 heteroatoms. The monoisotopic (exact) mass is 469 g/mol. The number of rotatable bonds is 6. The van der Waals surface area contributed by atoms with E-state index >= 15 is 0 Å². The molecule has 1 amide bonds. The summed E-state index contributed by atoms with van der Waals surface area (Å²) in [5.74, 6) is -1.25. The van der Waals surface area contributed by atoms with Gasteiger partial charge in [0.15, 0.2) is 6.61 Å². The number of hydrogen-bond donors (Lipinski definition) is 1. The summed E-state index contributed by atoms with van der Waals surface area (Å²) >= 11 is 3.38. The van der Waals surface area contributed by atoms with E-state index in [-0.39, 0.29) is 11.2 Å². The molecule has 0 bridgehead atoms. The summed E-state index contributed by atoms with van der Waals surface area (Å²) in [5.41, 5.74) is 1.84. The molecule has 1 N–H and O–H groups in total. The molecule has 7 nitrogen and oxygen atoms in total. The van der Waals surface area contributed by atoms with Crippen molar-refractivity contribution in [1.29, 1.82) is 0 Å². The molecule has 0 fully saturated rings. The van der Waals surface area contributed by atoms with Gasteiger partial charge in [0.25, 0.3) is 11.5 Å². The Balaban J connectivity index is 1.65. The lowest BCUT2D eigenvalue weighted by molar-refractivity contribution is -0.142. The Morgan fingerprint density at radius 2 is 1.77 bits per heavy atom. The van der Waals surface area contributed by atoms with Gasteiger partial charge in [0.2, 0.25) is 0 Å². The molecule has 0 aliphatic carbocycles. The van der Waals surface area contributed by atoms with Crippen LogP contribution in [0.2, 0.25) is 0 Å². The van der Waals surface area contributed by atoms with Gasteiger partial charge in [0.05, 0.1) is 11.4 Å². The van der Waals surface area contributed by atoms with E-state index in [1.807, 2.05) is 42.5 Å². The van der Waals surface area contributed by atoms with Gasteiger partial charge in [0.1, 0.15) is 5.69 Å². The van der Waals surface area contributed by atoms with Crippen molar-refractivity contribution in [2.75, 3.05) is 11.9 Å². The highest BCUT2D eigenvalue weighted by Gasteiger charge is 2.18. The number of nitrogens with zero attached hydrogens (tertiary/aromatic N) is 2. The molecule has 3 rings (SSSR count). The van der Waals surface area contributed by atoms with Gasteiger partial charge in [-0.05, 0) is 36.8 Å². The van der Waals surface area contributed by atoms with Crippen molar-refractivity contribution >= 4 is 39.6 Å². The second-order valence-electron chi connectivity index (χ2n) is 6.45. The zero-order valence-electron chi connectivity index (χ0n) is 16.5. The molecule has 0 saturated carbocycles. The fourth-order valence-electron chi connectivity index (χ4n) is 2.84. The number of carbonyl (C=O) groups is 2. The smallest absolute Gasteiger partial charge is 0.331 e. The van der Waals surface area contributed by atoms with E-state index in [2.05, 4.69) is 21.2 Å². The fraction of sp³-hybridized carbons (Fsp3) is 0.136. The number of nitrogens with one attached hydrogen (secondary N) is 1. The maximum Gasteiger partial charge on any atom is 0.331 e. The molecule has 1 aromatic heterocycles. The highest BCUT2D eigenvalue weighted by molar-refractivity contribution is 9.10. The number of benzene rings is 2. The van der Waals surface area contributed by atoms with E-state index in [1.54, 1.807) is 36.9 Å². The van der Waals surface area contributed by atoms with Crippen LogP contribution < -0.4 is 10.9 Å². The van der Waals surface area contributed by atoms with Crippen LogP contribution in [-0.4, -0.2) is 27.8 Å². The molecule has 1 heterocycles. The molecular formula is C22H20BrN3O4. The minimum atomic E-state index is -0.660. The second-order valence-corrected chi connectivity index (χ2v) is 7.30. The number of para-hydroxylation sites is 1. The normalized spacial score (nSPS) is 10.9. The van der Waals surface area contributed by atoms with Gasteiger partial charge < -0.3 is 10.1 Å². The lowest BCUT2D eigenvalue weighted by Crippen LogP contribution is -2.25. The zero-order chi connectivity index (χ0) is 21.7. The van der Waals surface area contributed by atoms with Crippen molar-refractivity contribution in [1.82, 2.24) is 9.36 Å². The third-order valence-electron chi connectivity index (χ3n) is 4.47. The Labute approximate surface area is 181 Å². The molecule has 2 aromatic carbocycles. The van der Waals surface area contributed by atoms with E-state index in [4.69, 9.17) is 4.74 Å². The highest BCUT2D eigenvalue weighted by atomic mass is 79.9. The Kier molecular flexibility index (Phi) is 6.68. The maximum atomic E-state index is 12.8. The Morgan fingerprint density at radius 1 is 1.10 bits per heavy atom. The molecule has 154 valence electrons. The summed E-state index contributed by atoms with van der Waals surface area (Å²) in [6.07, 6.45) is 2.83. The molecule has 0 unspecified atom stereocenters. The van der Waals surface area contributed by atoms with Crippen LogP contribution in [0.5, 0.6) is 0 Å². The largest absolute Gasteiger partial charge is 0.452 e. The molecule has 0 aliphatic heterocycles. The molecule has 30 heavy (non-hydrogen) atoms. The van der Waals surface area contributed by atoms with Crippen molar-refractivity contribution in [2.24, 2.45) is 7.05 Å². The van der Waals surface area contributed by atoms with Crippen molar-refractivity contribution in [3.05, 3.63) is 86.8 Å². The Morgan fingerprint density at radius 3 is 2.47 bits per heavy atom. The van der Waals surface area contributed by atoms with E-state index in [0.717, 1.165) is 10.0 Å². The molecular weight excluding hydrogens is 450 g/mol. The number of ether oxygens (including phenoxy) is 1. The van der Waals surface area contributed by atoms with Gasteiger partial charge in [-0.1, -0.05) is 52.3 Å². The van der Waals surface area contributed by atoms with Crippen molar-refractivity contribution in [3.63, 3.8) is 0 Å². The summed E-state index contributed by atoms with van der Waals surface area (Å²) in [6.45, 7) is 1.22. The van der Waals surface area contributed by atoms with Gasteiger partial charge in [-0.3, -0.25) is 14.3 Å². The summed E-state index contributed by atoms with van der Waals surface area (Å²) < 4.78 is 8.91. The number of amides is 1. The predicted molar refractivity (Wildman–Crippen MR) is 119 cm³/mol. The summed E-state index contributed by atoms with van der Waals surface area (Å²) in [7, 11) is 1.73. The predicted octanol–water partition coefficient (Wildman–Crippen LogP) is 3.44. The van der Waals surface area contributed by atoms with E-state index in [9.17, 15) is 14.4 Å². The molecule has 0 atom stereocenters. The Bertz CT molecular complexity index is 1160.